The van der Waals surface area contributed by atoms with Crippen LogP contribution in [-0.4, -0.2) is 40.0 Å². The molecule has 0 aromatic heterocycles. The Morgan fingerprint density at radius 2 is 1.24 bits per heavy atom. The number of rotatable bonds is 6. The van der Waals surface area contributed by atoms with Gasteiger partial charge >= 0.3 is 0 Å². The van der Waals surface area contributed by atoms with Gasteiger partial charge in [0.15, 0.2) is 5.79 Å². The van der Waals surface area contributed by atoms with Crippen LogP contribution in [0.4, 0.5) is 0 Å². The van der Waals surface area contributed by atoms with Crippen LogP contribution in [0.1, 0.15) is 52.4 Å². The Bertz CT molecular complexity index is 353. The van der Waals surface area contributed by atoms with Crippen LogP contribution >= 0.6 is 23.5 Å². The largest absolute Gasteiger partial charge is 0.350 e. The van der Waals surface area contributed by atoms with Crippen LogP contribution in [0.25, 0.3) is 0 Å². The Labute approximate surface area is 137 Å². The van der Waals surface area contributed by atoms with Gasteiger partial charge in [-0.05, 0) is 64.2 Å². The van der Waals surface area contributed by atoms with Crippen molar-refractivity contribution in [3.63, 3.8) is 0 Å². The number of ether oxygens (including phenoxy) is 2. The second kappa shape index (κ2) is 5.92. The van der Waals surface area contributed by atoms with Gasteiger partial charge in [-0.1, -0.05) is 0 Å². The molecule has 6 unspecified atom stereocenters. The maximum Gasteiger partial charge on any atom is 0.162 e. The molecule has 0 N–H and O–H groups in total. The Morgan fingerprint density at radius 3 is 1.67 bits per heavy atom. The summed E-state index contributed by atoms with van der Waals surface area (Å²) in [5, 5.41) is 3.92. The molecular formula is C17H28O2S2. The van der Waals surface area contributed by atoms with Crippen molar-refractivity contribution < 1.29 is 9.47 Å². The molecule has 0 aromatic rings. The fourth-order valence-electron chi connectivity index (χ4n) is 3.96. The summed E-state index contributed by atoms with van der Waals surface area (Å²) >= 11 is 4.36. The molecule has 0 spiro atoms. The summed E-state index contributed by atoms with van der Waals surface area (Å²) in [4.78, 5) is 0. The van der Waals surface area contributed by atoms with Gasteiger partial charge in [0.25, 0.3) is 0 Å². The lowest BCUT2D eigenvalue weighted by molar-refractivity contribution is -0.226. The van der Waals surface area contributed by atoms with Crippen molar-refractivity contribution in [2.24, 2.45) is 11.8 Å². The minimum absolute atomic E-state index is 0.402. The molecule has 4 heteroatoms. The first-order chi connectivity index (χ1) is 10.1. The monoisotopic (exact) mass is 328 g/mol. The summed E-state index contributed by atoms with van der Waals surface area (Å²) in [7, 11) is 0. The van der Waals surface area contributed by atoms with Gasteiger partial charge in [0, 0.05) is 21.0 Å². The maximum atomic E-state index is 6.13. The van der Waals surface area contributed by atoms with Gasteiger partial charge in [0.2, 0.25) is 0 Å². The molecule has 0 aromatic carbocycles. The molecular weight excluding hydrogens is 300 g/mol. The van der Waals surface area contributed by atoms with E-state index in [-0.39, 0.29) is 0 Å². The second-order valence-corrected chi connectivity index (χ2v) is 10.8. The van der Waals surface area contributed by atoms with Crippen LogP contribution in [0.3, 0.4) is 0 Å². The zero-order valence-corrected chi connectivity index (χ0v) is 14.9. The van der Waals surface area contributed by atoms with Gasteiger partial charge in [0.1, 0.15) is 0 Å². The van der Waals surface area contributed by atoms with Crippen molar-refractivity contribution in [1.29, 1.82) is 0 Å². The molecule has 2 aliphatic heterocycles. The molecule has 2 nitrogen and oxygen atoms in total. The fourth-order valence-corrected chi connectivity index (χ4v) is 6.48. The Morgan fingerprint density at radius 1 is 0.762 bits per heavy atom. The summed E-state index contributed by atoms with van der Waals surface area (Å²) in [5.41, 5.74) is 0. The molecule has 0 amide bonds. The van der Waals surface area contributed by atoms with E-state index < -0.39 is 5.79 Å². The van der Waals surface area contributed by atoms with Crippen molar-refractivity contribution in [1.82, 2.24) is 0 Å². The average Bonchev–Trinajstić information content (AvgIpc) is 3.35. The lowest BCUT2D eigenvalue weighted by Crippen LogP contribution is -2.34. The average molecular weight is 329 g/mol. The molecule has 21 heavy (non-hydrogen) atoms. The quantitative estimate of drug-likeness (QED) is 0.533. The van der Waals surface area contributed by atoms with Crippen LogP contribution in [0.5, 0.6) is 0 Å². The first-order valence-electron chi connectivity index (χ1n) is 8.68. The maximum absolute atomic E-state index is 6.13. The van der Waals surface area contributed by atoms with Crippen molar-refractivity contribution in [3.8, 4) is 0 Å². The van der Waals surface area contributed by atoms with E-state index in [1.807, 2.05) is 0 Å². The van der Waals surface area contributed by atoms with E-state index in [4.69, 9.17) is 9.47 Å². The highest BCUT2D eigenvalue weighted by Gasteiger charge is 2.44. The van der Waals surface area contributed by atoms with Crippen molar-refractivity contribution in [3.05, 3.63) is 0 Å². The third-order valence-corrected chi connectivity index (χ3v) is 8.50. The van der Waals surface area contributed by atoms with Gasteiger partial charge in [-0.25, -0.2) is 0 Å². The topological polar surface area (TPSA) is 18.5 Å². The number of fused-ring (bicyclic) bond motifs is 2. The van der Waals surface area contributed by atoms with E-state index in [9.17, 15) is 0 Å². The van der Waals surface area contributed by atoms with Crippen LogP contribution in [0.15, 0.2) is 0 Å². The van der Waals surface area contributed by atoms with E-state index in [1.165, 1.54) is 38.5 Å². The lowest BCUT2D eigenvalue weighted by atomic mass is 9.90. The summed E-state index contributed by atoms with van der Waals surface area (Å²) in [6, 6.07) is 0. The zero-order valence-electron chi connectivity index (χ0n) is 13.3. The van der Waals surface area contributed by atoms with Crippen LogP contribution < -0.4 is 0 Å². The molecule has 120 valence electrons. The first kappa shape index (κ1) is 15.2. The predicted octanol–water partition coefficient (Wildman–Crippen LogP) is 4.32. The zero-order chi connectivity index (χ0) is 14.4. The Balaban J connectivity index is 1.16. The van der Waals surface area contributed by atoms with Crippen molar-refractivity contribution in [2.75, 3.05) is 13.2 Å². The standard InChI is InChI=1S/C17H28O2S2/c1-17(2,18-9-11-3-5-13-15(7-11)20-13)19-10-12-4-6-14-16(8-12)21-14/h11-16H,3-10H2,1-2H3. The SMILES string of the molecule is CC(C)(OCC1CCC2SC2C1)OCC1CCC2SC2C1. The summed E-state index contributed by atoms with van der Waals surface area (Å²) in [6.07, 6.45) is 8.27. The normalized spacial score (nSPS) is 44.9. The second-order valence-electron chi connectivity index (χ2n) is 7.81. The molecule has 6 atom stereocenters. The lowest BCUT2D eigenvalue weighted by Gasteiger charge is -2.31. The summed E-state index contributed by atoms with van der Waals surface area (Å²) in [6.45, 7) is 5.98. The van der Waals surface area contributed by atoms with E-state index in [0.29, 0.717) is 0 Å². The van der Waals surface area contributed by atoms with E-state index in [0.717, 1.165) is 46.0 Å². The molecule has 2 heterocycles. The number of thioether (sulfide) groups is 2. The van der Waals surface area contributed by atoms with Gasteiger partial charge in [-0.2, -0.15) is 23.5 Å². The van der Waals surface area contributed by atoms with Crippen LogP contribution in [0, 0.1) is 11.8 Å². The predicted molar refractivity (Wildman–Crippen MR) is 91.0 cm³/mol. The first-order valence-corrected chi connectivity index (χ1v) is 10.6. The Hall–Kier alpha value is 0.620. The van der Waals surface area contributed by atoms with Crippen LogP contribution in [0.2, 0.25) is 0 Å². The third-order valence-electron chi connectivity index (χ3n) is 5.56. The Kier molecular flexibility index (Phi) is 4.27. The van der Waals surface area contributed by atoms with Gasteiger partial charge in [0.05, 0.1) is 13.2 Å². The fraction of sp³-hybridized carbons (Fsp3) is 1.00. The molecule has 0 radical (unpaired) electrons. The molecule has 4 rings (SSSR count). The highest BCUT2D eigenvalue weighted by molar-refractivity contribution is 8.07. The molecule has 2 saturated heterocycles. The highest BCUT2D eigenvalue weighted by atomic mass is 32.2. The molecule has 4 aliphatic rings. The van der Waals surface area contributed by atoms with Gasteiger partial charge < -0.3 is 9.47 Å². The van der Waals surface area contributed by atoms with Crippen molar-refractivity contribution >= 4 is 23.5 Å². The van der Waals surface area contributed by atoms with Crippen LogP contribution in [-0.2, 0) is 9.47 Å². The molecule has 4 fully saturated rings. The smallest absolute Gasteiger partial charge is 0.162 e. The van der Waals surface area contributed by atoms with E-state index in [1.54, 1.807) is 0 Å². The highest BCUT2D eigenvalue weighted by Crippen LogP contribution is 2.53. The summed E-state index contributed by atoms with van der Waals surface area (Å²) in [5.74, 6) is 1.13. The molecule has 2 saturated carbocycles. The van der Waals surface area contributed by atoms with E-state index >= 15 is 0 Å². The third kappa shape index (κ3) is 3.94. The summed E-state index contributed by atoms with van der Waals surface area (Å²) < 4.78 is 12.3. The van der Waals surface area contributed by atoms with Gasteiger partial charge in [-0.3, -0.25) is 0 Å². The molecule has 2 aliphatic carbocycles. The molecule has 0 bridgehead atoms. The minimum atomic E-state index is -0.402. The number of hydrogen-bond donors (Lipinski definition) is 0. The number of hydrogen-bond acceptors (Lipinski definition) is 4. The van der Waals surface area contributed by atoms with E-state index in [2.05, 4.69) is 37.4 Å². The van der Waals surface area contributed by atoms with Gasteiger partial charge in [-0.15, -0.1) is 0 Å². The minimum Gasteiger partial charge on any atom is -0.350 e. The van der Waals surface area contributed by atoms with Crippen molar-refractivity contribution in [2.45, 2.75) is 79.2 Å².